The van der Waals surface area contributed by atoms with E-state index in [0.717, 1.165) is 16.3 Å². The summed E-state index contributed by atoms with van der Waals surface area (Å²) >= 11 is 15.4. The minimum absolute atomic E-state index is 0.121. The van der Waals surface area contributed by atoms with Crippen molar-refractivity contribution in [3.63, 3.8) is 0 Å². The lowest BCUT2D eigenvalue weighted by Gasteiger charge is -2.07. The number of fused-ring (bicyclic) bond motifs is 1. The first-order valence-corrected chi connectivity index (χ1v) is 10.6. The van der Waals surface area contributed by atoms with E-state index in [-0.39, 0.29) is 12.5 Å². The Morgan fingerprint density at radius 3 is 2.63 bits per heavy atom. The Kier molecular flexibility index (Phi) is 6.27. The van der Waals surface area contributed by atoms with Crippen molar-refractivity contribution in [2.45, 2.75) is 6.54 Å². The molecule has 1 heterocycles. The molecule has 0 radical (unpaired) electrons. The van der Waals surface area contributed by atoms with E-state index < -0.39 is 0 Å². The van der Waals surface area contributed by atoms with Crippen molar-refractivity contribution in [1.29, 1.82) is 0 Å². The lowest BCUT2D eigenvalue weighted by atomic mass is 10.1. The second-order valence-corrected chi connectivity index (χ2v) is 8.29. The predicted octanol–water partition coefficient (Wildman–Crippen LogP) is 6.17. The Morgan fingerprint density at radius 2 is 1.83 bits per heavy atom. The van der Waals surface area contributed by atoms with Crippen LogP contribution in [0, 0.1) is 0 Å². The summed E-state index contributed by atoms with van der Waals surface area (Å²) in [4.78, 5) is 12.3. The van der Waals surface area contributed by atoms with Gasteiger partial charge in [0.05, 0.1) is 21.1 Å². The number of nitrogens with one attached hydrogen (secondary N) is 1. The zero-order valence-corrected chi connectivity index (χ0v) is 18.7. The fraction of sp³-hybridized carbons (Fsp3) is 0.0909. The van der Waals surface area contributed by atoms with E-state index in [0.29, 0.717) is 32.6 Å². The summed E-state index contributed by atoms with van der Waals surface area (Å²) in [6.07, 6.45) is 1.78. The van der Waals surface area contributed by atoms with E-state index in [1.807, 2.05) is 48.5 Å². The molecule has 4 rings (SSSR count). The number of rotatable bonds is 6. The highest BCUT2D eigenvalue weighted by Gasteiger charge is 2.12. The van der Waals surface area contributed by atoms with E-state index in [1.54, 1.807) is 23.0 Å². The van der Waals surface area contributed by atoms with Gasteiger partial charge in [-0.25, -0.2) is 0 Å². The largest absolute Gasteiger partial charge is 0.484 e. The minimum Gasteiger partial charge on any atom is -0.484 e. The summed E-state index contributed by atoms with van der Waals surface area (Å²) in [5.74, 6) is 0.749. The molecule has 8 heteroatoms. The summed E-state index contributed by atoms with van der Waals surface area (Å²) < 4.78 is 7.99. The van der Waals surface area contributed by atoms with Gasteiger partial charge in [-0.15, -0.1) is 0 Å². The average molecular weight is 505 g/mol. The average Bonchev–Trinajstić information content (AvgIpc) is 3.07. The Morgan fingerprint density at radius 1 is 1.03 bits per heavy atom. The Hall–Kier alpha value is -2.54. The molecule has 0 saturated heterocycles. The molecule has 0 unspecified atom stereocenters. The van der Waals surface area contributed by atoms with E-state index in [9.17, 15) is 4.79 Å². The number of anilines is 1. The summed E-state index contributed by atoms with van der Waals surface area (Å²) in [7, 11) is 0. The van der Waals surface area contributed by atoms with E-state index in [4.69, 9.17) is 27.9 Å². The fourth-order valence-corrected chi connectivity index (χ4v) is 3.70. The Labute approximate surface area is 191 Å². The first kappa shape index (κ1) is 20.7. The highest BCUT2D eigenvalue weighted by atomic mass is 79.9. The maximum atomic E-state index is 12.3. The maximum absolute atomic E-state index is 12.3. The number of aromatic nitrogens is 2. The van der Waals surface area contributed by atoms with Crippen LogP contribution in [0.5, 0.6) is 5.75 Å². The molecule has 1 N–H and O–H groups in total. The van der Waals surface area contributed by atoms with Gasteiger partial charge in [-0.3, -0.25) is 9.48 Å². The Balaban J connectivity index is 1.37. The van der Waals surface area contributed by atoms with E-state index in [1.165, 1.54) is 0 Å². The van der Waals surface area contributed by atoms with Crippen LogP contribution in [0.15, 0.2) is 71.3 Å². The summed E-state index contributed by atoms with van der Waals surface area (Å²) in [5, 5.41) is 10.3. The quantitative estimate of drug-likeness (QED) is 0.341. The van der Waals surface area contributed by atoms with Gasteiger partial charge in [0, 0.05) is 6.20 Å². The van der Waals surface area contributed by atoms with Crippen LogP contribution >= 0.6 is 39.1 Å². The summed E-state index contributed by atoms with van der Waals surface area (Å²) in [5.41, 5.74) is 0.942. The molecule has 3 aromatic carbocycles. The van der Waals surface area contributed by atoms with Crippen molar-refractivity contribution in [2.75, 3.05) is 11.9 Å². The van der Waals surface area contributed by atoms with Gasteiger partial charge >= 0.3 is 0 Å². The molecule has 0 aliphatic carbocycles. The van der Waals surface area contributed by atoms with Crippen LogP contribution in [0.1, 0.15) is 5.56 Å². The van der Waals surface area contributed by atoms with Crippen LogP contribution in [-0.4, -0.2) is 22.3 Å². The van der Waals surface area contributed by atoms with Crippen molar-refractivity contribution >= 4 is 61.6 Å². The highest BCUT2D eigenvalue weighted by molar-refractivity contribution is 9.10. The standard InChI is InChI=1S/C22H16BrCl2N3O2/c23-18-12-28(11-14-5-8-19(24)20(25)9-14)27-22(18)26-21(29)13-30-17-7-6-15-3-1-2-4-16(15)10-17/h1-10,12H,11,13H2,(H,26,27,29). The molecule has 0 aliphatic heterocycles. The summed E-state index contributed by atoms with van der Waals surface area (Å²) in [6.45, 7) is 0.364. The van der Waals surface area contributed by atoms with Crippen LogP contribution in [-0.2, 0) is 11.3 Å². The number of benzene rings is 3. The molecule has 152 valence electrons. The van der Waals surface area contributed by atoms with Crippen LogP contribution in [0.4, 0.5) is 5.82 Å². The minimum atomic E-state index is -0.302. The van der Waals surface area contributed by atoms with E-state index in [2.05, 4.69) is 26.3 Å². The van der Waals surface area contributed by atoms with Gasteiger partial charge in [0.2, 0.25) is 0 Å². The first-order chi connectivity index (χ1) is 14.5. The molecule has 5 nitrogen and oxygen atoms in total. The number of nitrogens with zero attached hydrogens (tertiary/aromatic N) is 2. The van der Waals surface area contributed by atoms with Gasteiger partial charge in [0.1, 0.15) is 5.75 Å². The molecule has 0 aliphatic rings. The van der Waals surface area contributed by atoms with Crippen molar-refractivity contribution in [1.82, 2.24) is 9.78 Å². The second-order valence-electron chi connectivity index (χ2n) is 6.62. The van der Waals surface area contributed by atoms with Gasteiger partial charge in [0.25, 0.3) is 5.91 Å². The monoisotopic (exact) mass is 503 g/mol. The number of carbonyl (C=O) groups is 1. The molecule has 0 fully saturated rings. The van der Waals surface area contributed by atoms with Crippen molar-refractivity contribution < 1.29 is 9.53 Å². The fourth-order valence-electron chi connectivity index (χ4n) is 2.96. The number of hydrogen-bond acceptors (Lipinski definition) is 3. The second kappa shape index (κ2) is 9.08. The molecule has 0 saturated carbocycles. The van der Waals surface area contributed by atoms with Crippen molar-refractivity contribution in [2.24, 2.45) is 0 Å². The summed E-state index contributed by atoms with van der Waals surface area (Å²) in [6, 6.07) is 19.1. The maximum Gasteiger partial charge on any atom is 0.263 e. The first-order valence-electron chi connectivity index (χ1n) is 9.06. The molecule has 30 heavy (non-hydrogen) atoms. The third-order valence-corrected chi connectivity index (χ3v) is 5.71. The number of halogens is 3. The Bertz CT molecular complexity index is 1230. The molecule has 0 atom stereocenters. The number of amides is 1. The molecule has 4 aromatic rings. The van der Waals surface area contributed by atoms with Gasteiger partial charge in [-0.05, 0) is 56.5 Å². The third-order valence-electron chi connectivity index (χ3n) is 4.39. The molecule has 0 spiro atoms. The van der Waals surface area contributed by atoms with E-state index >= 15 is 0 Å². The van der Waals surface area contributed by atoms with Crippen LogP contribution < -0.4 is 10.1 Å². The SMILES string of the molecule is O=C(COc1ccc2ccccc2c1)Nc1nn(Cc2ccc(Cl)c(Cl)c2)cc1Br. The van der Waals surface area contributed by atoms with Gasteiger partial charge < -0.3 is 10.1 Å². The smallest absolute Gasteiger partial charge is 0.263 e. The highest BCUT2D eigenvalue weighted by Crippen LogP contribution is 2.25. The molecule has 1 amide bonds. The molecular formula is C22H16BrCl2N3O2. The zero-order valence-electron chi connectivity index (χ0n) is 15.6. The number of hydrogen-bond donors (Lipinski definition) is 1. The van der Waals surface area contributed by atoms with Gasteiger partial charge in [-0.2, -0.15) is 5.10 Å². The topological polar surface area (TPSA) is 56.1 Å². The lowest BCUT2D eigenvalue weighted by Crippen LogP contribution is -2.20. The lowest BCUT2D eigenvalue weighted by molar-refractivity contribution is -0.118. The van der Waals surface area contributed by atoms with Crippen LogP contribution in [0.2, 0.25) is 10.0 Å². The molecular weight excluding hydrogens is 489 g/mol. The third kappa shape index (κ3) is 4.95. The van der Waals surface area contributed by atoms with Crippen LogP contribution in [0.3, 0.4) is 0 Å². The van der Waals surface area contributed by atoms with Crippen LogP contribution in [0.25, 0.3) is 10.8 Å². The number of ether oxygens (including phenoxy) is 1. The van der Waals surface area contributed by atoms with Gasteiger partial charge in [-0.1, -0.05) is 59.6 Å². The molecule has 1 aromatic heterocycles. The predicted molar refractivity (Wildman–Crippen MR) is 124 cm³/mol. The normalized spacial score (nSPS) is 10.9. The number of carbonyl (C=O) groups excluding carboxylic acids is 1. The molecule has 0 bridgehead atoms. The van der Waals surface area contributed by atoms with Gasteiger partial charge in [0.15, 0.2) is 12.4 Å². The van der Waals surface area contributed by atoms with Crippen molar-refractivity contribution in [3.05, 3.63) is 86.9 Å². The zero-order chi connectivity index (χ0) is 21.1. The van der Waals surface area contributed by atoms with Crippen molar-refractivity contribution in [3.8, 4) is 5.75 Å².